The molecule has 21 heavy (non-hydrogen) atoms. The number of amides is 1. The van der Waals surface area contributed by atoms with Crippen molar-refractivity contribution in [3.05, 3.63) is 29.3 Å². The molecule has 0 heterocycles. The van der Waals surface area contributed by atoms with Gasteiger partial charge >= 0.3 is 0 Å². The first kappa shape index (κ1) is 15.2. The SMILES string of the molecule is COc1ccc(C)cc1C(=O)NC1(C(N)=NO)CCCC1. The second kappa shape index (κ2) is 6.03. The van der Waals surface area contributed by atoms with E-state index in [-0.39, 0.29) is 11.7 Å². The summed E-state index contributed by atoms with van der Waals surface area (Å²) in [6, 6.07) is 5.41. The molecule has 0 radical (unpaired) electrons. The monoisotopic (exact) mass is 291 g/mol. The van der Waals surface area contributed by atoms with Crippen LogP contribution >= 0.6 is 0 Å². The normalized spacial score (nSPS) is 17.5. The molecule has 2 rings (SSSR count). The lowest BCUT2D eigenvalue weighted by Gasteiger charge is -2.29. The van der Waals surface area contributed by atoms with Crippen molar-refractivity contribution >= 4 is 11.7 Å². The first-order valence-corrected chi connectivity index (χ1v) is 6.97. The van der Waals surface area contributed by atoms with Gasteiger partial charge in [0.2, 0.25) is 0 Å². The zero-order valence-corrected chi connectivity index (χ0v) is 12.3. The van der Waals surface area contributed by atoms with E-state index >= 15 is 0 Å². The number of amidine groups is 1. The van der Waals surface area contributed by atoms with Crippen molar-refractivity contribution < 1.29 is 14.7 Å². The van der Waals surface area contributed by atoms with Crippen molar-refractivity contribution in [2.75, 3.05) is 7.11 Å². The molecule has 1 aromatic rings. The summed E-state index contributed by atoms with van der Waals surface area (Å²) in [7, 11) is 1.52. The number of nitrogens with one attached hydrogen (secondary N) is 1. The van der Waals surface area contributed by atoms with Gasteiger partial charge in [-0.15, -0.1) is 0 Å². The lowest BCUT2D eigenvalue weighted by atomic mass is 9.95. The minimum absolute atomic E-state index is 0.0555. The van der Waals surface area contributed by atoms with Crippen molar-refractivity contribution in [1.82, 2.24) is 5.32 Å². The van der Waals surface area contributed by atoms with Crippen LogP contribution in [0.15, 0.2) is 23.4 Å². The van der Waals surface area contributed by atoms with E-state index in [0.29, 0.717) is 24.2 Å². The fourth-order valence-electron chi connectivity index (χ4n) is 2.80. The van der Waals surface area contributed by atoms with E-state index < -0.39 is 5.54 Å². The molecule has 0 aliphatic heterocycles. The van der Waals surface area contributed by atoms with Gasteiger partial charge in [-0.25, -0.2) is 0 Å². The van der Waals surface area contributed by atoms with Crippen molar-refractivity contribution in [1.29, 1.82) is 0 Å². The molecule has 6 heteroatoms. The molecular formula is C15H21N3O3. The smallest absolute Gasteiger partial charge is 0.255 e. The van der Waals surface area contributed by atoms with Gasteiger partial charge in [0.1, 0.15) is 11.3 Å². The molecule has 0 aromatic heterocycles. The Morgan fingerprint density at radius 2 is 2.10 bits per heavy atom. The van der Waals surface area contributed by atoms with Gasteiger partial charge in [0.05, 0.1) is 12.7 Å². The predicted molar refractivity (Wildman–Crippen MR) is 79.8 cm³/mol. The lowest BCUT2D eigenvalue weighted by Crippen LogP contribution is -2.55. The summed E-state index contributed by atoms with van der Waals surface area (Å²) in [5.74, 6) is 0.287. The molecule has 1 aliphatic rings. The molecule has 0 saturated heterocycles. The largest absolute Gasteiger partial charge is 0.496 e. The maximum atomic E-state index is 12.6. The van der Waals surface area contributed by atoms with E-state index in [4.69, 9.17) is 15.7 Å². The number of methoxy groups -OCH3 is 1. The van der Waals surface area contributed by atoms with Gasteiger partial charge in [-0.05, 0) is 31.9 Å². The highest BCUT2D eigenvalue weighted by Crippen LogP contribution is 2.31. The van der Waals surface area contributed by atoms with Crippen molar-refractivity contribution in [2.24, 2.45) is 10.9 Å². The quantitative estimate of drug-likeness (QED) is 0.341. The molecule has 4 N–H and O–H groups in total. The van der Waals surface area contributed by atoms with Gasteiger partial charge in [-0.2, -0.15) is 0 Å². The third-order valence-corrected chi connectivity index (χ3v) is 4.01. The maximum Gasteiger partial charge on any atom is 0.255 e. The molecule has 0 spiro atoms. The van der Waals surface area contributed by atoms with E-state index in [1.807, 2.05) is 13.0 Å². The summed E-state index contributed by atoms with van der Waals surface area (Å²) in [6.07, 6.45) is 3.20. The summed E-state index contributed by atoms with van der Waals surface area (Å²) < 4.78 is 5.23. The summed E-state index contributed by atoms with van der Waals surface area (Å²) in [6.45, 7) is 1.91. The number of aryl methyl sites for hydroxylation is 1. The van der Waals surface area contributed by atoms with E-state index in [9.17, 15) is 4.79 Å². The van der Waals surface area contributed by atoms with Crippen LogP contribution in [0.4, 0.5) is 0 Å². The molecule has 1 saturated carbocycles. The number of nitrogens with zero attached hydrogens (tertiary/aromatic N) is 1. The zero-order valence-electron chi connectivity index (χ0n) is 12.3. The summed E-state index contributed by atoms with van der Waals surface area (Å²) >= 11 is 0. The molecular weight excluding hydrogens is 270 g/mol. The van der Waals surface area contributed by atoms with E-state index in [1.165, 1.54) is 7.11 Å². The molecule has 0 unspecified atom stereocenters. The number of hydrogen-bond acceptors (Lipinski definition) is 4. The molecule has 1 fully saturated rings. The van der Waals surface area contributed by atoms with Gasteiger partial charge in [-0.1, -0.05) is 29.6 Å². The Bertz CT molecular complexity index is 563. The standard InChI is InChI=1S/C15H21N3O3/c1-10-5-6-12(21-2)11(9-10)13(19)17-15(14(16)18-20)7-3-4-8-15/h5-6,9,20H,3-4,7-8H2,1-2H3,(H2,16,18)(H,17,19). The third-order valence-electron chi connectivity index (χ3n) is 4.01. The number of carbonyl (C=O) groups excluding carboxylic acids is 1. The Morgan fingerprint density at radius 3 is 2.67 bits per heavy atom. The highest BCUT2D eigenvalue weighted by molar-refractivity contribution is 6.02. The fourth-order valence-corrected chi connectivity index (χ4v) is 2.80. The van der Waals surface area contributed by atoms with Gasteiger partial charge in [0.25, 0.3) is 5.91 Å². The summed E-state index contributed by atoms with van der Waals surface area (Å²) in [5.41, 5.74) is 6.45. The van der Waals surface area contributed by atoms with Crippen LogP contribution in [0.5, 0.6) is 5.75 Å². The number of benzene rings is 1. The molecule has 6 nitrogen and oxygen atoms in total. The van der Waals surface area contributed by atoms with E-state index in [1.54, 1.807) is 12.1 Å². The number of rotatable bonds is 4. The average molecular weight is 291 g/mol. The summed E-state index contributed by atoms with van der Waals surface area (Å²) in [5, 5.41) is 15.0. The average Bonchev–Trinajstić information content (AvgIpc) is 2.96. The van der Waals surface area contributed by atoms with Crippen molar-refractivity contribution in [3.63, 3.8) is 0 Å². The van der Waals surface area contributed by atoms with Gasteiger partial charge in [0, 0.05) is 0 Å². The van der Waals surface area contributed by atoms with Crippen LogP contribution in [0.2, 0.25) is 0 Å². The molecule has 1 amide bonds. The maximum absolute atomic E-state index is 12.6. The zero-order chi connectivity index (χ0) is 15.5. The Balaban J connectivity index is 2.30. The topological polar surface area (TPSA) is 96.9 Å². The van der Waals surface area contributed by atoms with Crippen LogP contribution < -0.4 is 15.8 Å². The Morgan fingerprint density at radius 1 is 1.43 bits per heavy atom. The van der Waals surface area contributed by atoms with Crippen molar-refractivity contribution in [2.45, 2.75) is 38.1 Å². The van der Waals surface area contributed by atoms with E-state index in [0.717, 1.165) is 18.4 Å². The first-order chi connectivity index (χ1) is 10.0. The Hall–Kier alpha value is -2.24. The Kier molecular flexibility index (Phi) is 4.35. The van der Waals surface area contributed by atoms with Crippen LogP contribution in [-0.4, -0.2) is 29.6 Å². The van der Waals surface area contributed by atoms with Gasteiger partial charge < -0.3 is 21.0 Å². The molecule has 0 bridgehead atoms. The fraction of sp³-hybridized carbons (Fsp3) is 0.467. The second-order valence-corrected chi connectivity index (χ2v) is 5.43. The minimum atomic E-state index is -0.763. The van der Waals surface area contributed by atoms with Gasteiger partial charge in [0.15, 0.2) is 5.84 Å². The Labute approximate surface area is 124 Å². The third kappa shape index (κ3) is 2.94. The van der Waals surface area contributed by atoms with Crippen LogP contribution in [0.25, 0.3) is 0 Å². The molecule has 1 aliphatic carbocycles. The van der Waals surface area contributed by atoms with Crippen LogP contribution in [0, 0.1) is 6.92 Å². The second-order valence-electron chi connectivity index (χ2n) is 5.43. The van der Waals surface area contributed by atoms with Crippen molar-refractivity contribution in [3.8, 4) is 5.75 Å². The first-order valence-electron chi connectivity index (χ1n) is 6.97. The number of oxime groups is 1. The number of nitrogens with two attached hydrogens (primary N) is 1. The van der Waals surface area contributed by atoms with Gasteiger partial charge in [-0.3, -0.25) is 4.79 Å². The van der Waals surface area contributed by atoms with E-state index in [2.05, 4.69) is 10.5 Å². The van der Waals surface area contributed by atoms with Crippen LogP contribution in [0.1, 0.15) is 41.6 Å². The number of hydrogen-bond donors (Lipinski definition) is 3. The predicted octanol–water partition coefficient (Wildman–Crippen LogP) is 1.79. The molecule has 0 atom stereocenters. The van der Waals surface area contributed by atoms with Crippen LogP contribution in [-0.2, 0) is 0 Å². The molecule has 1 aromatic carbocycles. The number of carbonyl (C=O) groups is 1. The number of ether oxygens (including phenoxy) is 1. The highest BCUT2D eigenvalue weighted by atomic mass is 16.5. The lowest BCUT2D eigenvalue weighted by molar-refractivity contribution is 0.0919. The summed E-state index contributed by atoms with van der Waals surface area (Å²) in [4.78, 5) is 12.6. The minimum Gasteiger partial charge on any atom is -0.496 e. The molecule has 114 valence electrons. The van der Waals surface area contributed by atoms with Crippen LogP contribution in [0.3, 0.4) is 0 Å². The highest BCUT2D eigenvalue weighted by Gasteiger charge is 2.40.